The maximum atomic E-state index is 2.51. The fraction of sp³-hybridized carbons (Fsp3) is 1.00. The van der Waals surface area contributed by atoms with Crippen LogP contribution in [0.25, 0.3) is 0 Å². The van der Waals surface area contributed by atoms with Crippen LogP contribution in [0.5, 0.6) is 0 Å². The Morgan fingerprint density at radius 1 is 0.680 bits per heavy atom. The second kappa shape index (κ2) is 15.3. The molecule has 152 valence electrons. The summed E-state index contributed by atoms with van der Waals surface area (Å²) < 4.78 is 1.76. The van der Waals surface area contributed by atoms with Crippen molar-refractivity contribution in [2.24, 2.45) is 0 Å². The van der Waals surface area contributed by atoms with Gasteiger partial charge in [0.2, 0.25) is 0 Å². The third-order valence-electron chi connectivity index (χ3n) is 3.51. The fourth-order valence-electron chi connectivity index (χ4n) is 2.47. The van der Waals surface area contributed by atoms with Crippen LogP contribution >= 0.6 is 82.3 Å². The van der Waals surface area contributed by atoms with Gasteiger partial charge in [0.25, 0.3) is 0 Å². The van der Waals surface area contributed by atoms with Gasteiger partial charge in [0.05, 0.1) is 17.3 Å². The Bertz CT molecular complexity index is 299. The highest BCUT2D eigenvalue weighted by atomic mass is 32.2. The molecule has 0 heterocycles. The van der Waals surface area contributed by atoms with Crippen molar-refractivity contribution in [2.45, 2.75) is 71.7 Å². The second-order valence-electron chi connectivity index (χ2n) is 5.88. The molecule has 0 amide bonds. The average Bonchev–Trinajstić information content (AvgIpc) is 2.60. The lowest BCUT2D eigenvalue weighted by Gasteiger charge is -2.45. The van der Waals surface area contributed by atoms with E-state index >= 15 is 0 Å². The second-order valence-corrected chi connectivity index (χ2v) is 16.6. The normalized spacial score (nSPS) is 19.2. The number of thioether (sulfide) groups is 7. The van der Waals surface area contributed by atoms with E-state index in [9.17, 15) is 0 Å². The van der Waals surface area contributed by atoms with Gasteiger partial charge in [-0.1, -0.05) is 27.7 Å². The summed E-state index contributed by atoms with van der Waals surface area (Å²) in [7, 11) is 0. The molecule has 4 unspecified atom stereocenters. The zero-order valence-corrected chi connectivity index (χ0v) is 23.0. The van der Waals surface area contributed by atoms with Crippen LogP contribution in [0.2, 0.25) is 0 Å². The standard InChI is InChI=1S/C18H38S7/c1-9-13-23-17(5,15(19-7)21-11-3)25-18(6,24-14-10-2)16(20-8)22-12-4/h15-16H,9-14H2,1-8H3. The summed E-state index contributed by atoms with van der Waals surface area (Å²) in [5.41, 5.74) is 0. The SMILES string of the molecule is CCCSC(C)(SC(C)(SCCC)C(SC)SCC)C(SC)SCC. The molecule has 7 heteroatoms. The summed E-state index contributed by atoms with van der Waals surface area (Å²) in [6.07, 6.45) is 7.10. The molecule has 0 aliphatic heterocycles. The van der Waals surface area contributed by atoms with E-state index in [2.05, 4.69) is 113 Å². The van der Waals surface area contributed by atoms with Crippen molar-refractivity contribution >= 4 is 82.3 Å². The van der Waals surface area contributed by atoms with Gasteiger partial charge >= 0.3 is 0 Å². The molecule has 0 nitrogen and oxygen atoms in total. The van der Waals surface area contributed by atoms with Crippen molar-refractivity contribution in [3.8, 4) is 0 Å². The molecule has 0 aliphatic carbocycles. The van der Waals surface area contributed by atoms with Crippen LogP contribution in [0.1, 0.15) is 54.4 Å². The third-order valence-corrected chi connectivity index (χ3v) is 16.0. The first-order chi connectivity index (χ1) is 11.9. The van der Waals surface area contributed by atoms with Crippen LogP contribution in [0.4, 0.5) is 0 Å². The molecule has 0 spiro atoms. The first-order valence-corrected chi connectivity index (χ1v) is 16.6. The van der Waals surface area contributed by atoms with Crippen LogP contribution in [0.3, 0.4) is 0 Å². The van der Waals surface area contributed by atoms with Crippen LogP contribution in [-0.2, 0) is 0 Å². The monoisotopic (exact) mass is 478 g/mol. The maximum absolute atomic E-state index is 2.51. The largest absolute Gasteiger partial charge is 0.149 e. The van der Waals surface area contributed by atoms with E-state index in [4.69, 9.17) is 0 Å². The van der Waals surface area contributed by atoms with Crippen molar-refractivity contribution in [1.29, 1.82) is 0 Å². The molecule has 25 heavy (non-hydrogen) atoms. The summed E-state index contributed by atoms with van der Waals surface area (Å²) in [5.74, 6) is 4.90. The van der Waals surface area contributed by atoms with Crippen LogP contribution in [0.15, 0.2) is 0 Å². The molecule has 0 saturated heterocycles. The van der Waals surface area contributed by atoms with Crippen LogP contribution < -0.4 is 0 Å². The molecule has 0 aromatic carbocycles. The number of hydrogen-bond donors (Lipinski definition) is 0. The minimum atomic E-state index is 0.244. The van der Waals surface area contributed by atoms with Crippen molar-refractivity contribution < 1.29 is 0 Å². The van der Waals surface area contributed by atoms with E-state index in [1.54, 1.807) is 0 Å². The summed E-state index contributed by atoms with van der Waals surface area (Å²) in [5, 5.41) is 0. The van der Waals surface area contributed by atoms with Crippen molar-refractivity contribution in [3.05, 3.63) is 0 Å². The molecule has 0 radical (unpaired) electrons. The molecule has 0 bridgehead atoms. The van der Waals surface area contributed by atoms with E-state index in [0.717, 1.165) is 0 Å². The van der Waals surface area contributed by atoms with Gasteiger partial charge in [-0.2, -0.15) is 0 Å². The van der Waals surface area contributed by atoms with Crippen LogP contribution in [-0.4, -0.2) is 52.8 Å². The van der Waals surface area contributed by atoms with Crippen molar-refractivity contribution in [1.82, 2.24) is 0 Å². The number of hydrogen-bond acceptors (Lipinski definition) is 7. The molecule has 0 aliphatic rings. The van der Waals surface area contributed by atoms with E-state index in [1.807, 2.05) is 23.5 Å². The smallest absolute Gasteiger partial charge is 0.0806 e. The highest BCUT2D eigenvalue weighted by Gasteiger charge is 2.45. The van der Waals surface area contributed by atoms with E-state index in [0.29, 0.717) is 9.16 Å². The summed E-state index contributed by atoms with van der Waals surface area (Å²) in [4.78, 5) is 0. The van der Waals surface area contributed by atoms with Gasteiger partial charge in [0.1, 0.15) is 0 Å². The Morgan fingerprint density at radius 3 is 1.28 bits per heavy atom. The number of rotatable bonds is 16. The highest BCUT2D eigenvalue weighted by molar-refractivity contribution is 8.30. The lowest BCUT2D eigenvalue weighted by Crippen LogP contribution is -2.39. The Hall–Kier alpha value is 2.45. The summed E-state index contributed by atoms with van der Waals surface area (Å²) in [6, 6.07) is 0. The molecular weight excluding hydrogens is 441 g/mol. The molecule has 0 rings (SSSR count). The zero-order valence-electron chi connectivity index (χ0n) is 17.3. The van der Waals surface area contributed by atoms with Gasteiger partial charge in [-0.3, -0.25) is 0 Å². The first kappa shape index (κ1) is 27.5. The minimum Gasteiger partial charge on any atom is -0.149 e. The Labute approximate surface area is 188 Å². The molecule has 0 aromatic heterocycles. The quantitative estimate of drug-likeness (QED) is 0.202. The summed E-state index contributed by atoms with van der Waals surface area (Å²) >= 11 is 15.0. The van der Waals surface area contributed by atoms with Crippen molar-refractivity contribution in [3.63, 3.8) is 0 Å². The molecule has 0 fully saturated rings. The summed E-state index contributed by atoms with van der Waals surface area (Å²) in [6.45, 7) is 14.2. The zero-order chi connectivity index (χ0) is 19.3. The molecule has 4 atom stereocenters. The molecule has 0 N–H and O–H groups in total. The fourth-order valence-corrected chi connectivity index (χ4v) is 14.5. The Kier molecular flexibility index (Phi) is 16.8. The predicted octanol–water partition coefficient (Wildman–Crippen LogP) is 8.32. The third kappa shape index (κ3) is 9.66. The van der Waals surface area contributed by atoms with Gasteiger partial charge in [-0.15, -0.1) is 82.3 Å². The van der Waals surface area contributed by atoms with Crippen LogP contribution in [0, 0.1) is 0 Å². The Morgan fingerprint density at radius 2 is 1.04 bits per heavy atom. The van der Waals surface area contributed by atoms with Gasteiger partial charge in [-0.05, 0) is 62.2 Å². The predicted molar refractivity (Wildman–Crippen MR) is 141 cm³/mol. The van der Waals surface area contributed by atoms with E-state index in [1.165, 1.54) is 35.9 Å². The molecular formula is C18H38S7. The van der Waals surface area contributed by atoms with Gasteiger partial charge < -0.3 is 0 Å². The van der Waals surface area contributed by atoms with Gasteiger partial charge in [0.15, 0.2) is 0 Å². The maximum Gasteiger partial charge on any atom is 0.0806 e. The lowest BCUT2D eigenvalue weighted by atomic mass is 10.5. The molecule has 0 aromatic rings. The van der Waals surface area contributed by atoms with Gasteiger partial charge in [-0.25, -0.2) is 0 Å². The molecule has 0 saturated carbocycles. The van der Waals surface area contributed by atoms with Crippen molar-refractivity contribution in [2.75, 3.05) is 35.5 Å². The first-order valence-electron chi connectivity index (χ1n) is 9.14. The minimum absolute atomic E-state index is 0.244. The lowest BCUT2D eigenvalue weighted by molar-refractivity contribution is 0.929. The van der Waals surface area contributed by atoms with E-state index < -0.39 is 0 Å². The van der Waals surface area contributed by atoms with Gasteiger partial charge in [0, 0.05) is 0 Å². The Balaban J connectivity index is 5.60. The topological polar surface area (TPSA) is 0 Å². The van der Waals surface area contributed by atoms with E-state index in [-0.39, 0.29) is 8.16 Å². The average molecular weight is 479 g/mol. The highest BCUT2D eigenvalue weighted by Crippen LogP contribution is 2.59.